The molecule has 0 bridgehead atoms. The largest absolute Gasteiger partial charge is 0.461 e. The van der Waals surface area contributed by atoms with Gasteiger partial charge < -0.3 is 4.74 Å². The molecule has 156 valence electrons. The van der Waals surface area contributed by atoms with Crippen molar-refractivity contribution in [2.45, 2.75) is 51.7 Å². The molecule has 2 aromatic carbocycles. The summed E-state index contributed by atoms with van der Waals surface area (Å²) in [7, 11) is 0. The van der Waals surface area contributed by atoms with E-state index in [4.69, 9.17) is 9.73 Å². The Bertz CT molecular complexity index is 1170. The number of benzene rings is 2. The summed E-state index contributed by atoms with van der Waals surface area (Å²) in [5, 5.41) is 0. The zero-order valence-electron chi connectivity index (χ0n) is 18.0. The number of pyridine rings is 1. The molecule has 4 nitrogen and oxygen atoms in total. The van der Waals surface area contributed by atoms with E-state index in [1.54, 1.807) is 0 Å². The van der Waals surface area contributed by atoms with Gasteiger partial charge in [0.25, 0.3) is 0 Å². The Balaban J connectivity index is 1.48. The van der Waals surface area contributed by atoms with Gasteiger partial charge in [-0.3, -0.25) is 14.8 Å². The number of cyclic esters (lactones) is 1. The first-order valence-corrected chi connectivity index (χ1v) is 11.0. The van der Waals surface area contributed by atoms with E-state index < -0.39 is 0 Å². The normalized spacial score (nSPS) is 17.6. The molecule has 0 spiro atoms. The Morgan fingerprint density at radius 2 is 1.87 bits per heavy atom. The Morgan fingerprint density at radius 1 is 1.03 bits per heavy atom. The second-order valence-corrected chi connectivity index (χ2v) is 8.75. The van der Waals surface area contributed by atoms with Crippen molar-refractivity contribution in [3.63, 3.8) is 0 Å². The molecule has 3 aromatic rings. The highest BCUT2D eigenvalue weighted by atomic mass is 16.5. The minimum Gasteiger partial charge on any atom is -0.461 e. The van der Waals surface area contributed by atoms with Gasteiger partial charge in [-0.25, -0.2) is 0 Å². The number of carbonyl (C=O) groups excluding carboxylic acids is 1. The number of esters is 1. The molecule has 1 unspecified atom stereocenters. The fourth-order valence-corrected chi connectivity index (χ4v) is 4.51. The number of hydrogen-bond acceptors (Lipinski definition) is 4. The Labute approximate surface area is 183 Å². The Hall–Kier alpha value is -3.27. The van der Waals surface area contributed by atoms with Gasteiger partial charge in [0.2, 0.25) is 0 Å². The maximum Gasteiger partial charge on any atom is 0.310 e. The molecule has 0 amide bonds. The zero-order valence-corrected chi connectivity index (χ0v) is 18.0. The van der Waals surface area contributed by atoms with Gasteiger partial charge in [-0.1, -0.05) is 50.2 Å². The summed E-state index contributed by atoms with van der Waals surface area (Å²) in [6, 6.07) is 18.8. The van der Waals surface area contributed by atoms with Crippen LogP contribution in [0.3, 0.4) is 0 Å². The first-order valence-electron chi connectivity index (χ1n) is 11.0. The molecule has 2 aliphatic heterocycles. The van der Waals surface area contributed by atoms with E-state index in [1.807, 2.05) is 30.5 Å². The molecule has 0 aliphatic carbocycles. The molecule has 1 atom stereocenters. The van der Waals surface area contributed by atoms with Crippen molar-refractivity contribution >= 4 is 11.7 Å². The van der Waals surface area contributed by atoms with Crippen molar-refractivity contribution in [1.82, 2.24) is 4.98 Å². The van der Waals surface area contributed by atoms with Crippen LogP contribution in [0.5, 0.6) is 0 Å². The second kappa shape index (κ2) is 8.10. The quantitative estimate of drug-likeness (QED) is 0.580. The average Bonchev–Trinajstić information content (AvgIpc) is 3.10. The van der Waals surface area contributed by atoms with Crippen LogP contribution in [-0.2, 0) is 35.3 Å². The molecule has 2 aliphatic rings. The lowest BCUT2D eigenvalue weighted by atomic mass is 9.90. The number of rotatable bonds is 4. The van der Waals surface area contributed by atoms with E-state index in [1.165, 1.54) is 22.3 Å². The van der Waals surface area contributed by atoms with Crippen LogP contribution < -0.4 is 0 Å². The van der Waals surface area contributed by atoms with E-state index in [2.05, 4.69) is 49.2 Å². The number of aromatic nitrogens is 1. The molecule has 0 saturated heterocycles. The van der Waals surface area contributed by atoms with E-state index in [0.29, 0.717) is 18.9 Å². The highest BCUT2D eigenvalue weighted by molar-refractivity contribution is 6.15. The summed E-state index contributed by atoms with van der Waals surface area (Å²) in [4.78, 5) is 21.8. The lowest BCUT2D eigenvalue weighted by molar-refractivity contribution is -0.147. The van der Waals surface area contributed by atoms with E-state index in [9.17, 15) is 4.79 Å². The second-order valence-electron chi connectivity index (χ2n) is 8.75. The molecular formula is C27H26N2O2. The number of carbonyl (C=O) groups is 1. The van der Waals surface area contributed by atoms with Gasteiger partial charge in [0.05, 0.1) is 18.7 Å². The van der Waals surface area contributed by atoms with Gasteiger partial charge in [-0.2, -0.15) is 0 Å². The fraction of sp³-hybridized carbons (Fsp3) is 0.296. The van der Waals surface area contributed by atoms with Crippen molar-refractivity contribution in [3.05, 3.63) is 99.9 Å². The third-order valence-electron chi connectivity index (χ3n) is 6.12. The molecule has 5 rings (SSSR count). The molecule has 3 heterocycles. The summed E-state index contributed by atoms with van der Waals surface area (Å²) in [5.74, 6) is 0.227. The summed E-state index contributed by atoms with van der Waals surface area (Å²) in [6.07, 6.45) is 3.51. The fourth-order valence-electron chi connectivity index (χ4n) is 4.51. The van der Waals surface area contributed by atoms with Gasteiger partial charge in [0.1, 0.15) is 6.10 Å². The molecular weight excluding hydrogens is 384 g/mol. The van der Waals surface area contributed by atoms with Crippen molar-refractivity contribution in [2.24, 2.45) is 4.99 Å². The van der Waals surface area contributed by atoms with Crippen LogP contribution in [0.4, 0.5) is 0 Å². The lowest BCUT2D eigenvalue weighted by Crippen LogP contribution is -2.21. The average molecular weight is 411 g/mol. The van der Waals surface area contributed by atoms with Crippen LogP contribution in [0, 0.1) is 0 Å². The van der Waals surface area contributed by atoms with Gasteiger partial charge in [0, 0.05) is 35.9 Å². The minimum absolute atomic E-state index is 0.144. The van der Waals surface area contributed by atoms with Crippen molar-refractivity contribution in [3.8, 4) is 0 Å². The van der Waals surface area contributed by atoms with Crippen LogP contribution in [0.15, 0.2) is 65.8 Å². The number of nitrogens with zero attached hydrogens (tertiary/aromatic N) is 2. The number of ether oxygens (including phenoxy) is 1. The SMILES string of the molecule is CC(C)c1cc(C2=NCc3cc4c(cc32)CC(Cc2ccccc2)OC(=O)C4)ccn1. The Kier molecular flexibility index (Phi) is 5.14. The molecule has 1 aromatic heterocycles. The molecule has 4 heteroatoms. The predicted octanol–water partition coefficient (Wildman–Crippen LogP) is 4.81. The van der Waals surface area contributed by atoms with Crippen LogP contribution >= 0.6 is 0 Å². The van der Waals surface area contributed by atoms with Gasteiger partial charge >= 0.3 is 5.97 Å². The van der Waals surface area contributed by atoms with Crippen LogP contribution in [-0.4, -0.2) is 22.8 Å². The lowest BCUT2D eigenvalue weighted by Gasteiger charge is -2.16. The third kappa shape index (κ3) is 4.02. The van der Waals surface area contributed by atoms with Gasteiger partial charge in [0.15, 0.2) is 0 Å². The Morgan fingerprint density at radius 3 is 2.68 bits per heavy atom. The first kappa shape index (κ1) is 19.7. The van der Waals surface area contributed by atoms with Crippen LogP contribution in [0.25, 0.3) is 0 Å². The first-order chi connectivity index (χ1) is 15.1. The van der Waals surface area contributed by atoms with E-state index >= 15 is 0 Å². The van der Waals surface area contributed by atoms with Crippen LogP contribution in [0.2, 0.25) is 0 Å². The molecule has 0 saturated carbocycles. The summed E-state index contributed by atoms with van der Waals surface area (Å²) in [5.41, 5.74) is 9.03. The van der Waals surface area contributed by atoms with Crippen LogP contribution in [0.1, 0.15) is 58.8 Å². The number of hydrogen-bond donors (Lipinski definition) is 0. The van der Waals surface area contributed by atoms with Crippen molar-refractivity contribution in [1.29, 1.82) is 0 Å². The summed E-state index contributed by atoms with van der Waals surface area (Å²) in [6.45, 7) is 4.96. The van der Waals surface area contributed by atoms with Crippen molar-refractivity contribution in [2.75, 3.05) is 0 Å². The smallest absolute Gasteiger partial charge is 0.310 e. The topological polar surface area (TPSA) is 51.5 Å². The minimum atomic E-state index is -0.149. The highest BCUT2D eigenvalue weighted by Crippen LogP contribution is 2.30. The molecule has 0 radical (unpaired) electrons. The third-order valence-corrected chi connectivity index (χ3v) is 6.12. The predicted molar refractivity (Wildman–Crippen MR) is 122 cm³/mol. The summed E-state index contributed by atoms with van der Waals surface area (Å²) < 4.78 is 5.81. The number of fused-ring (bicyclic) bond motifs is 2. The summed E-state index contributed by atoms with van der Waals surface area (Å²) >= 11 is 0. The van der Waals surface area contributed by atoms with Gasteiger partial charge in [-0.15, -0.1) is 0 Å². The molecule has 0 fully saturated rings. The van der Waals surface area contributed by atoms with Gasteiger partial charge in [-0.05, 0) is 46.4 Å². The maximum absolute atomic E-state index is 12.5. The number of aliphatic imine (C=N–C) groups is 1. The standard InChI is InChI=1S/C27H26N2O2/c1-17(2)25-14-19(8-9-28-25)27-24-13-21-12-23(10-18-6-4-3-5-7-18)31-26(30)15-20(21)11-22(24)16-29-27/h3-9,11,13-14,17,23H,10,12,15-16H2,1-2H3. The molecule has 0 N–H and O–H groups in total. The highest BCUT2D eigenvalue weighted by Gasteiger charge is 2.27. The molecule has 31 heavy (non-hydrogen) atoms. The van der Waals surface area contributed by atoms with E-state index in [-0.39, 0.29) is 12.1 Å². The maximum atomic E-state index is 12.5. The zero-order chi connectivity index (χ0) is 21.4. The monoisotopic (exact) mass is 410 g/mol. The van der Waals surface area contributed by atoms with Crippen molar-refractivity contribution < 1.29 is 9.53 Å². The van der Waals surface area contributed by atoms with E-state index in [0.717, 1.165) is 35.4 Å².